The first-order valence-electron chi connectivity index (χ1n) is 12.7. The summed E-state index contributed by atoms with van der Waals surface area (Å²) in [6.45, 7) is 4.94. The molecular formula is C28H35Cl2N3OS. The summed E-state index contributed by atoms with van der Waals surface area (Å²) in [7, 11) is 1.88. The van der Waals surface area contributed by atoms with Gasteiger partial charge >= 0.3 is 0 Å². The second-order valence-corrected chi connectivity index (χ2v) is 11.1. The van der Waals surface area contributed by atoms with Crippen molar-refractivity contribution in [3.8, 4) is 0 Å². The van der Waals surface area contributed by atoms with E-state index in [2.05, 4.69) is 9.80 Å². The molecule has 1 atom stereocenters. The van der Waals surface area contributed by atoms with Crippen molar-refractivity contribution in [1.29, 1.82) is 0 Å². The molecule has 2 aromatic carbocycles. The maximum atomic E-state index is 13.0. The van der Waals surface area contributed by atoms with E-state index in [1.807, 2.05) is 60.5 Å². The minimum atomic E-state index is 0.0361. The smallest absolute Gasteiger partial charge is 0.253 e. The molecule has 35 heavy (non-hydrogen) atoms. The van der Waals surface area contributed by atoms with Gasteiger partial charge in [0.1, 0.15) is 0 Å². The van der Waals surface area contributed by atoms with Crippen molar-refractivity contribution in [2.45, 2.75) is 50.5 Å². The molecule has 2 aromatic rings. The average molecular weight is 533 g/mol. The third-order valence-corrected chi connectivity index (χ3v) is 8.61. The van der Waals surface area contributed by atoms with Crippen LogP contribution in [0.2, 0.25) is 10.0 Å². The largest absolute Gasteiger partial charge is 0.363 e. The topological polar surface area (TPSA) is 26.8 Å². The highest BCUT2D eigenvalue weighted by atomic mass is 35.5. The number of likely N-dealkylation sites (N-methyl/N-ethyl adjacent to an activating group) is 1. The second-order valence-electron chi connectivity index (χ2n) is 9.83. The summed E-state index contributed by atoms with van der Waals surface area (Å²) in [6, 6.07) is 15.9. The summed E-state index contributed by atoms with van der Waals surface area (Å²) in [5.41, 5.74) is 1.83. The number of piperidine rings is 2. The number of carbonyl (C=O) groups is 1. The van der Waals surface area contributed by atoms with Crippen molar-refractivity contribution < 1.29 is 4.79 Å². The summed E-state index contributed by atoms with van der Waals surface area (Å²) in [5, 5.41) is 1.12. The third-order valence-electron chi connectivity index (χ3n) is 7.43. The first kappa shape index (κ1) is 26.4. The van der Waals surface area contributed by atoms with E-state index in [9.17, 15) is 4.79 Å². The van der Waals surface area contributed by atoms with Crippen LogP contribution in [0.3, 0.4) is 0 Å². The minimum absolute atomic E-state index is 0.0361. The fraction of sp³-hybridized carbons (Fsp3) is 0.500. The van der Waals surface area contributed by atoms with E-state index >= 15 is 0 Å². The molecule has 0 aromatic heterocycles. The number of thiocarbonyl (C=S) groups is 1. The van der Waals surface area contributed by atoms with Gasteiger partial charge in [-0.2, -0.15) is 0 Å². The van der Waals surface area contributed by atoms with Crippen LogP contribution < -0.4 is 0 Å². The maximum absolute atomic E-state index is 13.0. The fourth-order valence-electron chi connectivity index (χ4n) is 5.35. The van der Waals surface area contributed by atoms with Crippen LogP contribution in [-0.4, -0.2) is 71.4 Å². The Morgan fingerprint density at radius 1 is 1.06 bits per heavy atom. The minimum Gasteiger partial charge on any atom is -0.363 e. The monoisotopic (exact) mass is 531 g/mol. The van der Waals surface area contributed by atoms with Crippen LogP contribution in [0.15, 0.2) is 48.5 Å². The molecule has 2 saturated heterocycles. The number of halogens is 2. The summed E-state index contributed by atoms with van der Waals surface area (Å²) in [4.78, 5) is 21.1. The number of likely N-dealkylation sites (tertiary alicyclic amines) is 2. The molecule has 0 spiro atoms. The first-order valence-corrected chi connectivity index (χ1v) is 13.9. The molecule has 4 rings (SSSR count). The predicted octanol–water partition coefficient (Wildman–Crippen LogP) is 6.52. The Kier molecular flexibility index (Phi) is 9.46. The summed E-state index contributed by atoms with van der Waals surface area (Å²) in [5.74, 6) is 0.212. The lowest BCUT2D eigenvalue weighted by atomic mass is 9.93. The molecule has 0 N–H and O–H groups in total. The van der Waals surface area contributed by atoms with Crippen LogP contribution in [0, 0.1) is 0 Å². The number of hydrogen-bond acceptors (Lipinski definition) is 3. The van der Waals surface area contributed by atoms with Crippen molar-refractivity contribution in [3.05, 3.63) is 69.7 Å². The van der Waals surface area contributed by atoms with Crippen molar-refractivity contribution in [2.75, 3.05) is 39.8 Å². The maximum Gasteiger partial charge on any atom is 0.253 e. The lowest BCUT2D eigenvalue weighted by Gasteiger charge is -2.42. The van der Waals surface area contributed by atoms with Crippen molar-refractivity contribution in [3.63, 3.8) is 0 Å². The van der Waals surface area contributed by atoms with Crippen LogP contribution >= 0.6 is 35.4 Å². The molecule has 0 radical (unpaired) electrons. The average Bonchev–Trinajstić information content (AvgIpc) is 2.89. The Bertz CT molecular complexity index is 1010. The van der Waals surface area contributed by atoms with Crippen LogP contribution in [-0.2, 0) is 0 Å². The van der Waals surface area contributed by atoms with E-state index in [0.717, 1.165) is 44.6 Å². The van der Waals surface area contributed by atoms with E-state index < -0.39 is 0 Å². The Hall–Kier alpha value is -1.66. The number of benzene rings is 2. The number of nitrogens with zero attached hydrogens (tertiary/aromatic N) is 3. The Labute approximate surface area is 225 Å². The zero-order chi connectivity index (χ0) is 24.8. The van der Waals surface area contributed by atoms with Gasteiger partial charge in [0.25, 0.3) is 5.91 Å². The normalized spacial score (nSPS) is 18.5. The van der Waals surface area contributed by atoms with Gasteiger partial charge in [0.2, 0.25) is 0 Å². The number of carbonyl (C=O) groups excluding carboxylic acids is 1. The van der Waals surface area contributed by atoms with Gasteiger partial charge in [-0.1, -0.05) is 59.7 Å². The SMILES string of the molecule is CN(CC(CCN1CCC(N2CCCCC2=S)CC1)c1ccc(Cl)c(Cl)c1)C(=O)c1ccccc1. The Balaban J connectivity index is 1.38. The van der Waals surface area contributed by atoms with Gasteiger partial charge in [-0.05, 0) is 74.9 Å². The molecule has 2 aliphatic heterocycles. The van der Waals surface area contributed by atoms with Gasteiger partial charge in [-0.25, -0.2) is 0 Å². The van der Waals surface area contributed by atoms with Crippen LogP contribution in [0.25, 0.3) is 0 Å². The zero-order valence-corrected chi connectivity index (χ0v) is 22.8. The molecule has 1 amide bonds. The van der Waals surface area contributed by atoms with E-state index in [1.165, 1.54) is 30.7 Å². The molecule has 2 aliphatic rings. The molecule has 0 bridgehead atoms. The molecule has 0 saturated carbocycles. The lowest BCUT2D eigenvalue weighted by molar-refractivity contribution is 0.0780. The number of hydrogen-bond donors (Lipinski definition) is 0. The van der Waals surface area contributed by atoms with Gasteiger partial charge in [-0.15, -0.1) is 0 Å². The molecule has 2 heterocycles. The molecule has 7 heteroatoms. The fourth-order valence-corrected chi connectivity index (χ4v) is 6.04. The van der Waals surface area contributed by atoms with E-state index in [0.29, 0.717) is 28.2 Å². The van der Waals surface area contributed by atoms with Crippen molar-refractivity contribution in [1.82, 2.24) is 14.7 Å². The second kappa shape index (κ2) is 12.5. The van der Waals surface area contributed by atoms with Gasteiger partial charge < -0.3 is 14.7 Å². The van der Waals surface area contributed by atoms with Crippen LogP contribution in [0.4, 0.5) is 0 Å². The van der Waals surface area contributed by atoms with Crippen molar-refractivity contribution in [2.24, 2.45) is 0 Å². The predicted molar refractivity (Wildman–Crippen MR) is 150 cm³/mol. The summed E-state index contributed by atoms with van der Waals surface area (Å²) >= 11 is 18.2. The molecule has 4 nitrogen and oxygen atoms in total. The molecule has 1 unspecified atom stereocenters. The number of amides is 1. The van der Waals surface area contributed by atoms with Gasteiger partial charge in [0, 0.05) is 50.7 Å². The quantitative estimate of drug-likeness (QED) is 0.362. The highest BCUT2D eigenvalue weighted by molar-refractivity contribution is 7.80. The van der Waals surface area contributed by atoms with Crippen LogP contribution in [0.1, 0.15) is 60.4 Å². The molecule has 0 aliphatic carbocycles. The Morgan fingerprint density at radius 3 is 2.49 bits per heavy atom. The summed E-state index contributed by atoms with van der Waals surface area (Å²) < 4.78 is 0. The first-order chi connectivity index (χ1) is 16.9. The lowest BCUT2D eigenvalue weighted by Crippen LogP contribution is -2.48. The van der Waals surface area contributed by atoms with E-state index in [-0.39, 0.29) is 11.8 Å². The molecule has 2 fully saturated rings. The third kappa shape index (κ3) is 6.97. The highest BCUT2D eigenvalue weighted by Gasteiger charge is 2.28. The van der Waals surface area contributed by atoms with Crippen LogP contribution in [0.5, 0.6) is 0 Å². The molecule has 188 valence electrons. The summed E-state index contributed by atoms with van der Waals surface area (Å²) in [6.07, 6.45) is 6.88. The van der Waals surface area contributed by atoms with E-state index in [4.69, 9.17) is 35.4 Å². The van der Waals surface area contributed by atoms with Gasteiger partial charge in [0.15, 0.2) is 0 Å². The Morgan fingerprint density at radius 2 is 1.80 bits per heavy atom. The number of rotatable bonds is 8. The van der Waals surface area contributed by atoms with Gasteiger partial charge in [-0.3, -0.25) is 4.79 Å². The highest BCUT2D eigenvalue weighted by Crippen LogP contribution is 2.30. The van der Waals surface area contributed by atoms with E-state index in [1.54, 1.807) is 0 Å². The van der Waals surface area contributed by atoms with Crippen molar-refractivity contribution >= 4 is 46.3 Å². The molecular weight excluding hydrogens is 497 g/mol. The zero-order valence-electron chi connectivity index (χ0n) is 20.5. The van der Waals surface area contributed by atoms with Gasteiger partial charge in [0.05, 0.1) is 15.0 Å². The standard InChI is InChI=1S/C28H35Cl2N3OS/c1-31(28(34)21-7-3-2-4-8-21)20-23(22-10-11-25(29)26(30)19-22)12-16-32-17-13-24(14-18-32)33-15-6-5-9-27(33)35/h2-4,7-8,10-11,19,23-24H,5-6,9,12-18,20H2,1H3.